The number of rotatable bonds is 3. The van der Waals surface area contributed by atoms with E-state index >= 15 is 0 Å². The molecule has 0 aliphatic carbocycles. The smallest absolute Gasteiger partial charge is 0.255 e. The number of nitrogen functional groups attached to an aromatic ring is 1. The van der Waals surface area contributed by atoms with Gasteiger partial charge in [0.1, 0.15) is 0 Å². The molecule has 6 heteroatoms. The molecule has 0 aliphatic heterocycles. The highest BCUT2D eigenvalue weighted by molar-refractivity contribution is 9.10. The van der Waals surface area contributed by atoms with Crippen LogP contribution in [0.15, 0.2) is 40.9 Å². The number of carbonyl (C=O) groups is 1. The molecule has 0 aliphatic rings. The van der Waals surface area contributed by atoms with Gasteiger partial charge in [-0.2, -0.15) is 0 Å². The lowest BCUT2D eigenvalue weighted by Gasteiger charge is -2.16. The number of halogens is 2. The van der Waals surface area contributed by atoms with Gasteiger partial charge >= 0.3 is 0 Å². The number of amides is 1. The summed E-state index contributed by atoms with van der Waals surface area (Å²) in [7, 11) is 3.80. The number of hydrogen-bond donors (Lipinski definition) is 2. The molecule has 2 aromatic carbocycles. The van der Waals surface area contributed by atoms with E-state index in [-0.39, 0.29) is 5.91 Å². The normalized spacial score (nSPS) is 10.3. The van der Waals surface area contributed by atoms with E-state index in [0.29, 0.717) is 22.0 Å². The minimum atomic E-state index is -0.231. The predicted molar refractivity (Wildman–Crippen MR) is 92.3 cm³/mol. The summed E-state index contributed by atoms with van der Waals surface area (Å²) in [4.78, 5) is 14.1. The highest BCUT2D eigenvalue weighted by atomic mass is 79.9. The summed E-state index contributed by atoms with van der Waals surface area (Å²) in [6.07, 6.45) is 0. The molecule has 0 radical (unpaired) electrons. The first-order valence-corrected chi connectivity index (χ1v) is 7.39. The van der Waals surface area contributed by atoms with Crippen molar-refractivity contribution < 1.29 is 4.79 Å². The molecule has 2 aromatic rings. The van der Waals surface area contributed by atoms with Crippen molar-refractivity contribution in [1.82, 2.24) is 0 Å². The fraction of sp³-hybridized carbons (Fsp3) is 0.133. The Labute approximate surface area is 137 Å². The maximum Gasteiger partial charge on any atom is 0.255 e. The van der Waals surface area contributed by atoms with Crippen LogP contribution in [0.1, 0.15) is 10.4 Å². The van der Waals surface area contributed by atoms with E-state index in [1.165, 1.54) is 0 Å². The highest BCUT2D eigenvalue weighted by Crippen LogP contribution is 2.26. The Morgan fingerprint density at radius 2 is 1.95 bits per heavy atom. The lowest BCUT2D eigenvalue weighted by Crippen LogP contribution is -2.15. The predicted octanol–water partition coefficient (Wildman–Crippen LogP) is 4.00. The Morgan fingerprint density at radius 3 is 2.52 bits per heavy atom. The van der Waals surface area contributed by atoms with Gasteiger partial charge < -0.3 is 16.0 Å². The SMILES string of the molecule is CN(C)c1ccc(C(=O)Nc2ccc(Br)c(Cl)c2)cc1N. The summed E-state index contributed by atoms with van der Waals surface area (Å²) >= 11 is 9.31. The third-order valence-corrected chi connectivity index (χ3v) is 4.18. The van der Waals surface area contributed by atoms with Crippen molar-refractivity contribution in [2.24, 2.45) is 0 Å². The van der Waals surface area contributed by atoms with Crippen LogP contribution in [0.2, 0.25) is 5.02 Å². The first-order chi connectivity index (χ1) is 9.88. The lowest BCUT2D eigenvalue weighted by atomic mass is 10.1. The number of anilines is 3. The van der Waals surface area contributed by atoms with Crippen LogP contribution in [-0.2, 0) is 0 Å². The largest absolute Gasteiger partial charge is 0.397 e. The molecule has 0 saturated heterocycles. The van der Waals surface area contributed by atoms with Crippen molar-refractivity contribution >= 4 is 50.5 Å². The first kappa shape index (κ1) is 15.7. The fourth-order valence-electron chi connectivity index (χ4n) is 1.88. The Kier molecular flexibility index (Phi) is 4.75. The summed E-state index contributed by atoms with van der Waals surface area (Å²) in [6, 6.07) is 10.4. The highest BCUT2D eigenvalue weighted by Gasteiger charge is 2.10. The molecule has 0 spiro atoms. The maximum absolute atomic E-state index is 12.2. The van der Waals surface area contributed by atoms with Crippen LogP contribution in [0.25, 0.3) is 0 Å². The Bertz CT molecular complexity index is 689. The van der Waals surface area contributed by atoms with Crippen molar-refractivity contribution in [3.8, 4) is 0 Å². The molecule has 0 fully saturated rings. The second-order valence-corrected chi connectivity index (χ2v) is 6.01. The average molecular weight is 369 g/mol. The molecule has 2 rings (SSSR count). The molecule has 0 heterocycles. The lowest BCUT2D eigenvalue weighted by molar-refractivity contribution is 0.102. The minimum absolute atomic E-state index is 0.231. The molecule has 3 N–H and O–H groups in total. The van der Waals surface area contributed by atoms with Crippen LogP contribution in [-0.4, -0.2) is 20.0 Å². The molecule has 4 nitrogen and oxygen atoms in total. The standard InChI is InChI=1S/C15H15BrClN3O/c1-20(2)14-6-3-9(7-13(14)18)15(21)19-10-4-5-11(16)12(17)8-10/h3-8H,18H2,1-2H3,(H,19,21). The quantitative estimate of drug-likeness (QED) is 0.805. The number of hydrogen-bond acceptors (Lipinski definition) is 3. The second-order valence-electron chi connectivity index (χ2n) is 4.75. The molecule has 0 unspecified atom stereocenters. The van der Waals surface area contributed by atoms with E-state index in [0.717, 1.165) is 10.2 Å². The number of nitrogens with zero attached hydrogens (tertiary/aromatic N) is 1. The number of nitrogens with one attached hydrogen (secondary N) is 1. The minimum Gasteiger partial charge on any atom is -0.397 e. The third-order valence-electron chi connectivity index (χ3n) is 2.95. The van der Waals surface area contributed by atoms with Crippen LogP contribution in [0.3, 0.4) is 0 Å². The number of nitrogens with two attached hydrogens (primary N) is 1. The van der Waals surface area contributed by atoms with E-state index in [1.54, 1.807) is 30.3 Å². The van der Waals surface area contributed by atoms with Gasteiger partial charge in [-0.25, -0.2) is 0 Å². The fourth-order valence-corrected chi connectivity index (χ4v) is 2.31. The van der Waals surface area contributed by atoms with Crippen molar-refractivity contribution in [3.05, 3.63) is 51.5 Å². The molecule has 110 valence electrons. The molecule has 0 saturated carbocycles. The van der Waals surface area contributed by atoms with Crippen LogP contribution >= 0.6 is 27.5 Å². The summed E-state index contributed by atoms with van der Waals surface area (Å²) in [5.74, 6) is -0.231. The van der Waals surface area contributed by atoms with E-state index in [9.17, 15) is 4.79 Å². The number of benzene rings is 2. The van der Waals surface area contributed by atoms with Crippen LogP contribution in [0, 0.1) is 0 Å². The average Bonchev–Trinajstić information content (AvgIpc) is 2.42. The molecular weight excluding hydrogens is 354 g/mol. The monoisotopic (exact) mass is 367 g/mol. The van der Waals surface area contributed by atoms with E-state index in [4.69, 9.17) is 17.3 Å². The van der Waals surface area contributed by atoms with Gasteiger partial charge in [-0.3, -0.25) is 4.79 Å². The molecule has 21 heavy (non-hydrogen) atoms. The van der Waals surface area contributed by atoms with Gasteiger partial charge in [0.2, 0.25) is 0 Å². The van der Waals surface area contributed by atoms with E-state index < -0.39 is 0 Å². The Hall–Kier alpha value is -1.72. The zero-order valence-electron chi connectivity index (χ0n) is 11.7. The van der Waals surface area contributed by atoms with Crippen molar-refractivity contribution in [3.63, 3.8) is 0 Å². The van der Waals surface area contributed by atoms with Gasteiger partial charge in [-0.1, -0.05) is 11.6 Å². The summed E-state index contributed by atoms with van der Waals surface area (Å²) in [5.41, 5.74) is 8.50. The molecule has 1 amide bonds. The third kappa shape index (κ3) is 3.68. The van der Waals surface area contributed by atoms with Crippen molar-refractivity contribution in [2.45, 2.75) is 0 Å². The van der Waals surface area contributed by atoms with Crippen molar-refractivity contribution in [2.75, 3.05) is 30.0 Å². The molecule has 0 bridgehead atoms. The van der Waals surface area contributed by atoms with Gasteiger partial charge in [-0.05, 0) is 52.3 Å². The summed E-state index contributed by atoms with van der Waals surface area (Å²) in [5, 5.41) is 3.33. The van der Waals surface area contributed by atoms with Gasteiger partial charge in [0.25, 0.3) is 5.91 Å². The van der Waals surface area contributed by atoms with Crippen LogP contribution in [0.4, 0.5) is 17.1 Å². The van der Waals surface area contributed by atoms with Crippen molar-refractivity contribution in [1.29, 1.82) is 0 Å². The zero-order valence-corrected chi connectivity index (χ0v) is 14.0. The molecule has 0 aromatic heterocycles. The zero-order chi connectivity index (χ0) is 15.6. The Morgan fingerprint density at radius 1 is 1.24 bits per heavy atom. The van der Waals surface area contributed by atoms with Gasteiger partial charge in [-0.15, -0.1) is 0 Å². The van der Waals surface area contributed by atoms with Crippen LogP contribution in [0.5, 0.6) is 0 Å². The summed E-state index contributed by atoms with van der Waals surface area (Å²) < 4.78 is 0.779. The van der Waals surface area contributed by atoms with Gasteiger partial charge in [0.05, 0.1) is 16.4 Å². The number of carbonyl (C=O) groups excluding carboxylic acids is 1. The molecular formula is C15H15BrClN3O. The maximum atomic E-state index is 12.2. The first-order valence-electron chi connectivity index (χ1n) is 6.21. The Balaban J connectivity index is 2.20. The van der Waals surface area contributed by atoms with Gasteiger partial charge in [0, 0.05) is 29.8 Å². The summed E-state index contributed by atoms with van der Waals surface area (Å²) in [6.45, 7) is 0. The van der Waals surface area contributed by atoms with Crippen LogP contribution < -0.4 is 16.0 Å². The van der Waals surface area contributed by atoms with Gasteiger partial charge in [0.15, 0.2) is 0 Å². The topological polar surface area (TPSA) is 58.4 Å². The second kappa shape index (κ2) is 6.37. The van der Waals surface area contributed by atoms with E-state index in [1.807, 2.05) is 25.1 Å². The molecule has 0 atom stereocenters. The van der Waals surface area contributed by atoms with E-state index in [2.05, 4.69) is 21.2 Å².